The lowest BCUT2D eigenvalue weighted by molar-refractivity contribution is -0.134. The minimum absolute atomic E-state index is 0.0644. The first-order valence-corrected chi connectivity index (χ1v) is 13.0. The number of aryl methyl sites for hydroxylation is 1. The van der Waals surface area contributed by atoms with Gasteiger partial charge in [0.15, 0.2) is 5.65 Å². The molecule has 210 valence electrons. The van der Waals surface area contributed by atoms with E-state index in [4.69, 9.17) is 10.2 Å². The summed E-state index contributed by atoms with van der Waals surface area (Å²) in [5.74, 6) is -1.20. The quantitative estimate of drug-likeness (QED) is 0.339. The number of carboxylic acid groups (broad SMARTS) is 2. The third kappa shape index (κ3) is 9.85. The van der Waals surface area contributed by atoms with Gasteiger partial charge in [-0.1, -0.05) is 41.5 Å². The van der Waals surface area contributed by atoms with Crippen LogP contribution in [-0.2, 0) is 20.9 Å². The van der Waals surface area contributed by atoms with Gasteiger partial charge < -0.3 is 20.4 Å². The molecule has 2 aromatic rings. The van der Waals surface area contributed by atoms with Gasteiger partial charge in [-0.15, -0.1) is 0 Å². The number of fused-ring (bicyclic) bond motifs is 1. The number of hydrogen-bond acceptors (Lipinski definition) is 7. The molecule has 1 saturated heterocycles. The SMILES string of the molecule is CC(C)(C)C(=O)Nc1ncnc2c1cnn2CCCCN1CCC(C(C)(C)C)CC1.O=C(O)/C=C\C(=O)O. The molecule has 3 N–H and O–H groups in total. The number of amides is 1. The van der Waals surface area contributed by atoms with Gasteiger partial charge in [0.1, 0.15) is 12.1 Å². The van der Waals surface area contributed by atoms with Crippen molar-refractivity contribution in [3.05, 3.63) is 24.7 Å². The summed E-state index contributed by atoms with van der Waals surface area (Å²) in [6, 6.07) is 0. The highest BCUT2D eigenvalue weighted by Crippen LogP contribution is 2.34. The highest BCUT2D eigenvalue weighted by molar-refractivity contribution is 6.00. The number of nitrogens with zero attached hydrogens (tertiary/aromatic N) is 5. The molecule has 0 spiro atoms. The van der Waals surface area contributed by atoms with Gasteiger partial charge in [-0.25, -0.2) is 24.2 Å². The molecule has 0 atom stereocenters. The van der Waals surface area contributed by atoms with Crippen LogP contribution < -0.4 is 5.32 Å². The van der Waals surface area contributed by atoms with Crippen LogP contribution in [0, 0.1) is 16.7 Å². The maximum Gasteiger partial charge on any atom is 0.328 e. The van der Waals surface area contributed by atoms with E-state index < -0.39 is 17.4 Å². The topological polar surface area (TPSA) is 151 Å². The Balaban J connectivity index is 0.000000550. The molecular formula is C27H42N6O5. The Hall–Kier alpha value is -3.34. The zero-order valence-corrected chi connectivity index (χ0v) is 23.4. The van der Waals surface area contributed by atoms with E-state index in [1.54, 1.807) is 6.20 Å². The van der Waals surface area contributed by atoms with E-state index in [0.717, 1.165) is 42.9 Å². The van der Waals surface area contributed by atoms with Gasteiger partial charge in [-0.3, -0.25) is 4.79 Å². The summed E-state index contributed by atoms with van der Waals surface area (Å²) in [5, 5.41) is 23.8. The number of carbonyl (C=O) groups is 3. The van der Waals surface area contributed by atoms with Crippen molar-refractivity contribution in [3.63, 3.8) is 0 Å². The smallest absolute Gasteiger partial charge is 0.328 e. The van der Waals surface area contributed by atoms with E-state index >= 15 is 0 Å². The summed E-state index contributed by atoms with van der Waals surface area (Å²) in [4.78, 5) is 42.7. The Labute approximate surface area is 224 Å². The first-order chi connectivity index (χ1) is 17.7. The molecule has 11 nitrogen and oxygen atoms in total. The molecule has 1 fully saturated rings. The number of piperidine rings is 1. The number of anilines is 1. The van der Waals surface area contributed by atoms with Crippen molar-refractivity contribution < 1.29 is 24.6 Å². The van der Waals surface area contributed by atoms with Gasteiger partial charge in [0.05, 0.1) is 11.6 Å². The lowest BCUT2D eigenvalue weighted by atomic mass is 9.75. The van der Waals surface area contributed by atoms with E-state index in [2.05, 4.69) is 46.1 Å². The molecule has 0 bridgehead atoms. The second-order valence-corrected chi connectivity index (χ2v) is 11.7. The second kappa shape index (κ2) is 13.5. The van der Waals surface area contributed by atoms with Crippen molar-refractivity contribution in [1.29, 1.82) is 0 Å². The molecule has 11 heteroatoms. The van der Waals surface area contributed by atoms with Crippen LogP contribution in [0.3, 0.4) is 0 Å². The molecular weight excluding hydrogens is 488 g/mol. The van der Waals surface area contributed by atoms with Crippen molar-refractivity contribution in [2.45, 2.75) is 73.8 Å². The number of hydrogen-bond donors (Lipinski definition) is 3. The Kier molecular flexibility index (Phi) is 10.9. The fourth-order valence-electron chi connectivity index (χ4n) is 4.21. The van der Waals surface area contributed by atoms with Crippen LogP contribution in [0.5, 0.6) is 0 Å². The number of likely N-dealkylation sites (tertiary alicyclic amines) is 1. The molecule has 38 heavy (non-hydrogen) atoms. The van der Waals surface area contributed by atoms with E-state index in [9.17, 15) is 14.4 Å². The molecule has 3 heterocycles. The molecule has 0 unspecified atom stereocenters. The lowest BCUT2D eigenvalue weighted by Crippen LogP contribution is -2.38. The summed E-state index contributed by atoms with van der Waals surface area (Å²) < 4.78 is 1.93. The summed E-state index contributed by atoms with van der Waals surface area (Å²) in [6.07, 6.45) is 9.21. The second-order valence-electron chi connectivity index (χ2n) is 11.7. The van der Waals surface area contributed by atoms with Gasteiger partial charge in [0.2, 0.25) is 5.91 Å². The third-order valence-corrected chi connectivity index (χ3v) is 6.62. The average molecular weight is 531 g/mol. The van der Waals surface area contributed by atoms with Crippen LogP contribution >= 0.6 is 0 Å². The zero-order chi connectivity index (χ0) is 28.5. The van der Waals surface area contributed by atoms with E-state index in [1.807, 2.05) is 25.5 Å². The predicted octanol–water partition coefficient (Wildman–Crippen LogP) is 4.06. The number of carboxylic acids is 2. The Morgan fingerprint density at radius 1 is 0.974 bits per heavy atom. The van der Waals surface area contributed by atoms with Gasteiger partial charge in [-0.2, -0.15) is 5.10 Å². The maximum atomic E-state index is 12.3. The summed E-state index contributed by atoms with van der Waals surface area (Å²) in [7, 11) is 0. The maximum absolute atomic E-state index is 12.3. The van der Waals surface area contributed by atoms with Crippen LogP contribution in [-0.4, -0.2) is 72.3 Å². The first kappa shape index (κ1) is 30.9. The van der Waals surface area contributed by atoms with Gasteiger partial charge in [0, 0.05) is 24.1 Å². The number of carbonyl (C=O) groups excluding carboxylic acids is 1. The highest BCUT2D eigenvalue weighted by Gasteiger charge is 2.28. The molecule has 0 saturated carbocycles. The van der Waals surface area contributed by atoms with Gasteiger partial charge in [-0.05, 0) is 56.7 Å². The van der Waals surface area contributed by atoms with Gasteiger partial charge in [0.25, 0.3) is 0 Å². The van der Waals surface area contributed by atoms with Crippen LogP contribution in [0.4, 0.5) is 5.82 Å². The number of unbranched alkanes of at least 4 members (excludes halogenated alkanes) is 1. The van der Waals surface area contributed by atoms with Crippen molar-refractivity contribution in [2.75, 3.05) is 25.0 Å². The Morgan fingerprint density at radius 2 is 1.55 bits per heavy atom. The number of aliphatic carboxylic acids is 2. The molecule has 0 radical (unpaired) electrons. The summed E-state index contributed by atoms with van der Waals surface area (Å²) in [6.45, 7) is 17.2. The largest absolute Gasteiger partial charge is 0.478 e. The fourth-order valence-corrected chi connectivity index (χ4v) is 4.21. The lowest BCUT2D eigenvalue weighted by Gasteiger charge is -2.38. The number of rotatable bonds is 8. The molecule has 0 aliphatic carbocycles. The van der Waals surface area contributed by atoms with Crippen molar-refractivity contribution in [1.82, 2.24) is 24.6 Å². The van der Waals surface area contributed by atoms with E-state index in [0.29, 0.717) is 23.4 Å². The Bertz CT molecular complexity index is 1110. The van der Waals surface area contributed by atoms with Crippen LogP contribution in [0.1, 0.15) is 67.2 Å². The van der Waals surface area contributed by atoms with Gasteiger partial charge >= 0.3 is 11.9 Å². The molecule has 1 amide bonds. The minimum Gasteiger partial charge on any atom is -0.478 e. The third-order valence-electron chi connectivity index (χ3n) is 6.62. The summed E-state index contributed by atoms with van der Waals surface area (Å²) in [5.41, 5.74) is 0.731. The zero-order valence-electron chi connectivity index (χ0n) is 23.4. The van der Waals surface area contributed by atoms with Crippen molar-refractivity contribution >= 4 is 34.7 Å². The van der Waals surface area contributed by atoms with E-state index in [1.165, 1.54) is 32.3 Å². The monoisotopic (exact) mass is 530 g/mol. The highest BCUT2D eigenvalue weighted by atomic mass is 16.4. The molecule has 2 aromatic heterocycles. The first-order valence-electron chi connectivity index (χ1n) is 13.0. The van der Waals surface area contributed by atoms with Crippen LogP contribution in [0.25, 0.3) is 11.0 Å². The van der Waals surface area contributed by atoms with Crippen LogP contribution in [0.15, 0.2) is 24.7 Å². The molecule has 0 aromatic carbocycles. The summed E-state index contributed by atoms with van der Waals surface area (Å²) >= 11 is 0. The molecule has 1 aliphatic heterocycles. The van der Waals surface area contributed by atoms with Crippen LogP contribution in [0.2, 0.25) is 0 Å². The average Bonchev–Trinajstić information content (AvgIpc) is 3.24. The van der Waals surface area contributed by atoms with Crippen molar-refractivity contribution in [2.24, 2.45) is 16.7 Å². The predicted molar refractivity (Wildman–Crippen MR) is 146 cm³/mol. The number of nitrogens with one attached hydrogen (secondary N) is 1. The molecule has 3 rings (SSSR count). The Morgan fingerprint density at radius 3 is 2.08 bits per heavy atom. The van der Waals surface area contributed by atoms with Crippen molar-refractivity contribution in [3.8, 4) is 0 Å². The molecule has 1 aliphatic rings. The normalized spacial score (nSPS) is 15.3. The fraction of sp³-hybridized carbons (Fsp3) is 0.630. The van der Waals surface area contributed by atoms with E-state index in [-0.39, 0.29) is 5.91 Å². The standard InChI is InChI=1S/C23H38N6O.C4H4O4/c1-22(2,3)17-9-13-28(14-10-17)11-7-8-12-29-20-18(15-26-29)19(24-16-25-20)27-21(30)23(4,5)6;5-3(6)1-2-4(7)8/h15-17H,7-14H2,1-6H3,(H,24,25,27,30);1-2H,(H,5,6)(H,7,8)/b;2-1-. The minimum atomic E-state index is -1.26. The number of aromatic nitrogens is 4.